The van der Waals surface area contributed by atoms with Crippen LogP contribution in [-0.2, 0) is 0 Å². The van der Waals surface area contributed by atoms with E-state index >= 15 is 0 Å². The Morgan fingerprint density at radius 3 is 2.24 bits per heavy atom. The average molecular weight is 231 g/mol. The van der Waals surface area contributed by atoms with Crippen molar-refractivity contribution in [2.24, 2.45) is 5.92 Å². The fourth-order valence-electron chi connectivity index (χ4n) is 2.50. The molecule has 2 atom stereocenters. The van der Waals surface area contributed by atoms with Crippen molar-refractivity contribution in [1.82, 2.24) is 5.32 Å². The third-order valence-corrected chi connectivity index (χ3v) is 3.82. The summed E-state index contributed by atoms with van der Waals surface area (Å²) in [6, 6.07) is 9.09. The first-order valence-electron chi connectivity index (χ1n) is 6.77. The van der Waals surface area contributed by atoms with Gasteiger partial charge in [0.2, 0.25) is 0 Å². The summed E-state index contributed by atoms with van der Waals surface area (Å²) < 4.78 is 0. The van der Waals surface area contributed by atoms with Gasteiger partial charge in [-0.15, -0.1) is 0 Å². The molecule has 1 aliphatic rings. The maximum absolute atomic E-state index is 3.63. The van der Waals surface area contributed by atoms with Crippen LogP contribution in [0.25, 0.3) is 0 Å². The SMILES string of the molecule is Cc1ccc(C2CCC2CNC(C)(C)C)cc1. The number of nitrogens with one attached hydrogen (secondary N) is 1. The quantitative estimate of drug-likeness (QED) is 0.832. The van der Waals surface area contributed by atoms with E-state index in [1.165, 1.54) is 24.0 Å². The highest BCUT2D eigenvalue weighted by Crippen LogP contribution is 2.42. The van der Waals surface area contributed by atoms with Crippen LogP contribution in [0, 0.1) is 12.8 Å². The smallest absolute Gasteiger partial charge is 0.00966 e. The lowest BCUT2D eigenvalue weighted by molar-refractivity contribution is 0.226. The second kappa shape index (κ2) is 4.81. The minimum atomic E-state index is 0.243. The lowest BCUT2D eigenvalue weighted by Crippen LogP contribution is -2.42. The fraction of sp³-hybridized carbons (Fsp3) is 0.625. The van der Waals surface area contributed by atoms with E-state index in [9.17, 15) is 0 Å². The van der Waals surface area contributed by atoms with Crippen LogP contribution in [0.2, 0.25) is 0 Å². The van der Waals surface area contributed by atoms with E-state index in [4.69, 9.17) is 0 Å². The first-order valence-corrected chi connectivity index (χ1v) is 6.77. The van der Waals surface area contributed by atoms with Crippen molar-refractivity contribution in [1.29, 1.82) is 0 Å². The fourth-order valence-corrected chi connectivity index (χ4v) is 2.50. The molecule has 0 aliphatic heterocycles. The molecule has 1 heteroatoms. The first-order chi connectivity index (χ1) is 7.96. The molecule has 94 valence electrons. The molecule has 1 nitrogen and oxygen atoms in total. The minimum absolute atomic E-state index is 0.243. The van der Waals surface area contributed by atoms with Crippen molar-refractivity contribution in [2.75, 3.05) is 6.54 Å². The molecular formula is C16H25N. The van der Waals surface area contributed by atoms with Gasteiger partial charge in [-0.05, 0) is 64.5 Å². The van der Waals surface area contributed by atoms with Crippen molar-refractivity contribution >= 4 is 0 Å². The number of hydrogen-bond acceptors (Lipinski definition) is 1. The zero-order valence-electron chi connectivity index (χ0n) is 11.6. The Balaban J connectivity index is 1.92. The van der Waals surface area contributed by atoms with E-state index < -0.39 is 0 Å². The Hall–Kier alpha value is -0.820. The Bertz CT molecular complexity index is 358. The Morgan fingerprint density at radius 2 is 1.76 bits per heavy atom. The van der Waals surface area contributed by atoms with Crippen LogP contribution in [0.15, 0.2) is 24.3 Å². The highest BCUT2D eigenvalue weighted by Gasteiger charge is 2.32. The van der Waals surface area contributed by atoms with Gasteiger partial charge in [0.15, 0.2) is 0 Å². The van der Waals surface area contributed by atoms with Gasteiger partial charge in [-0.1, -0.05) is 29.8 Å². The molecule has 1 aromatic carbocycles. The van der Waals surface area contributed by atoms with E-state index in [-0.39, 0.29) is 5.54 Å². The normalized spacial score (nSPS) is 24.5. The third kappa shape index (κ3) is 3.32. The lowest BCUT2D eigenvalue weighted by atomic mass is 9.69. The van der Waals surface area contributed by atoms with E-state index in [1.54, 1.807) is 0 Å². The first kappa shape index (κ1) is 12.6. The van der Waals surface area contributed by atoms with Crippen molar-refractivity contribution in [3.63, 3.8) is 0 Å². The predicted octanol–water partition coefficient (Wildman–Crippen LogP) is 3.88. The molecule has 17 heavy (non-hydrogen) atoms. The third-order valence-electron chi connectivity index (χ3n) is 3.82. The average Bonchev–Trinajstić information content (AvgIpc) is 2.18. The summed E-state index contributed by atoms with van der Waals surface area (Å²) in [4.78, 5) is 0. The summed E-state index contributed by atoms with van der Waals surface area (Å²) in [5.41, 5.74) is 3.13. The molecule has 0 heterocycles. The second-order valence-corrected chi connectivity index (χ2v) is 6.49. The Labute approximate surface area is 106 Å². The Morgan fingerprint density at radius 1 is 1.12 bits per heavy atom. The molecule has 1 aromatic rings. The van der Waals surface area contributed by atoms with Crippen LogP contribution in [-0.4, -0.2) is 12.1 Å². The van der Waals surface area contributed by atoms with E-state index in [1.807, 2.05) is 0 Å². The molecule has 0 amide bonds. The molecule has 1 aliphatic carbocycles. The minimum Gasteiger partial charge on any atom is -0.312 e. The lowest BCUT2D eigenvalue weighted by Gasteiger charge is -2.39. The number of benzene rings is 1. The molecule has 0 spiro atoms. The maximum Gasteiger partial charge on any atom is 0.00966 e. The van der Waals surface area contributed by atoms with Crippen LogP contribution in [0.3, 0.4) is 0 Å². The van der Waals surface area contributed by atoms with Gasteiger partial charge in [-0.3, -0.25) is 0 Å². The standard InChI is InChI=1S/C16H25N/c1-12-5-7-13(8-6-12)15-10-9-14(15)11-17-16(2,3)4/h5-8,14-15,17H,9-11H2,1-4H3. The van der Waals surface area contributed by atoms with Crippen molar-refractivity contribution in [2.45, 2.75) is 52.0 Å². The molecular weight excluding hydrogens is 206 g/mol. The summed E-state index contributed by atoms with van der Waals surface area (Å²) in [6.07, 6.45) is 2.74. The van der Waals surface area contributed by atoms with Gasteiger partial charge in [0, 0.05) is 5.54 Å². The summed E-state index contributed by atoms with van der Waals surface area (Å²) in [6.45, 7) is 10.0. The van der Waals surface area contributed by atoms with Gasteiger partial charge in [0.05, 0.1) is 0 Å². The molecule has 0 saturated heterocycles. The largest absolute Gasteiger partial charge is 0.312 e. The van der Waals surface area contributed by atoms with Gasteiger partial charge in [0.1, 0.15) is 0 Å². The summed E-state index contributed by atoms with van der Waals surface area (Å²) >= 11 is 0. The number of hydrogen-bond donors (Lipinski definition) is 1. The monoisotopic (exact) mass is 231 g/mol. The van der Waals surface area contributed by atoms with E-state index in [2.05, 4.69) is 57.3 Å². The van der Waals surface area contributed by atoms with Gasteiger partial charge < -0.3 is 5.32 Å². The summed E-state index contributed by atoms with van der Waals surface area (Å²) in [5, 5.41) is 3.63. The molecule has 1 N–H and O–H groups in total. The van der Waals surface area contributed by atoms with Crippen molar-refractivity contribution < 1.29 is 0 Å². The maximum atomic E-state index is 3.63. The molecule has 0 bridgehead atoms. The van der Waals surface area contributed by atoms with E-state index in [0.29, 0.717) is 0 Å². The molecule has 2 rings (SSSR count). The van der Waals surface area contributed by atoms with Gasteiger partial charge >= 0.3 is 0 Å². The predicted molar refractivity (Wildman–Crippen MR) is 74.4 cm³/mol. The molecule has 1 saturated carbocycles. The number of aryl methyl sites for hydroxylation is 1. The van der Waals surface area contributed by atoms with Crippen LogP contribution in [0.4, 0.5) is 0 Å². The highest BCUT2D eigenvalue weighted by molar-refractivity contribution is 5.26. The van der Waals surface area contributed by atoms with Crippen LogP contribution in [0.1, 0.15) is 50.7 Å². The zero-order chi connectivity index (χ0) is 12.5. The van der Waals surface area contributed by atoms with Crippen LogP contribution in [0.5, 0.6) is 0 Å². The van der Waals surface area contributed by atoms with Crippen LogP contribution < -0.4 is 5.32 Å². The van der Waals surface area contributed by atoms with Crippen molar-refractivity contribution in [3.05, 3.63) is 35.4 Å². The zero-order valence-corrected chi connectivity index (χ0v) is 11.6. The molecule has 2 unspecified atom stereocenters. The van der Waals surface area contributed by atoms with Gasteiger partial charge in [-0.25, -0.2) is 0 Å². The van der Waals surface area contributed by atoms with Gasteiger partial charge in [-0.2, -0.15) is 0 Å². The highest BCUT2D eigenvalue weighted by atomic mass is 14.9. The topological polar surface area (TPSA) is 12.0 Å². The Kier molecular flexibility index (Phi) is 3.58. The van der Waals surface area contributed by atoms with E-state index in [0.717, 1.165) is 18.4 Å². The molecule has 0 radical (unpaired) electrons. The van der Waals surface area contributed by atoms with Gasteiger partial charge in [0.25, 0.3) is 0 Å². The van der Waals surface area contributed by atoms with Crippen LogP contribution >= 0.6 is 0 Å². The number of rotatable bonds is 3. The summed E-state index contributed by atoms with van der Waals surface area (Å²) in [5.74, 6) is 1.61. The second-order valence-electron chi connectivity index (χ2n) is 6.49. The van der Waals surface area contributed by atoms with Crippen molar-refractivity contribution in [3.8, 4) is 0 Å². The molecule has 1 fully saturated rings. The molecule has 0 aromatic heterocycles. The summed E-state index contributed by atoms with van der Waals surface area (Å²) in [7, 11) is 0.